The summed E-state index contributed by atoms with van der Waals surface area (Å²) in [6, 6.07) is 9.26. The quantitative estimate of drug-likeness (QED) is 0.819. The third kappa shape index (κ3) is 4.05. The van der Waals surface area contributed by atoms with Crippen LogP contribution >= 0.6 is 11.6 Å². The molecule has 5 nitrogen and oxygen atoms in total. The number of amides is 1. The van der Waals surface area contributed by atoms with Crippen molar-refractivity contribution in [1.29, 1.82) is 0 Å². The molecule has 0 aromatic heterocycles. The smallest absolute Gasteiger partial charge is 0.262 e. The van der Waals surface area contributed by atoms with E-state index in [1.165, 1.54) is 31.8 Å². The Balaban J connectivity index is 1.69. The maximum Gasteiger partial charge on any atom is 0.262 e. The first-order chi connectivity index (χ1) is 12.6. The fourth-order valence-electron chi connectivity index (χ4n) is 3.17. The standard InChI is InChI=1S/C20H22ClNO4/c1-24-18-11-16(19(25-2)10-15(18)21)22-20(23)12-26-17-9-5-7-13-6-3-4-8-14(13)17/h5,7,9-11H,3-4,6,8,12H2,1-2H3,(H,22,23). The van der Waals surface area contributed by atoms with Gasteiger partial charge in [-0.25, -0.2) is 0 Å². The van der Waals surface area contributed by atoms with E-state index in [1.54, 1.807) is 12.1 Å². The topological polar surface area (TPSA) is 56.8 Å². The molecule has 1 aliphatic rings. The van der Waals surface area contributed by atoms with E-state index in [4.69, 9.17) is 25.8 Å². The summed E-state index contributed by atoms with van der Waals surface area (Å²) in [5.41, 5.74) is 3.02. The second kappa shape index (κ2) is 8.32. The van der Waals surface area contributed by atoms with Crippen LogP contribution in [0.5, 0.6) is 17.2 Å². The highest BCUT2D eigenvalue weighted by Crippen LogP contribution is 2.36. The number of ether oxygens (including phenoxy) is 3. The van der Waals surface area contributed by atoms with E-state index in [-0.39, 0.29) is 12.5 Å². The fraction of sp³-hybridized carbons (Fsp3) is 0.350. The summed E-state index contributed by atoms with van der Waals surface area (Å²) in [5, 5.41) is 3.20. The molecule has 1 amide bonds. The number of methoxy groups -OCH3 is 2. The Kier molecular flexibility index (Phi) is 5.89. The molecule has 138 valence electrons. The second-order valence-corrected chi connectivity index (χ2v) is 6.53. The summed E-state index contributed by atoms with van der Waals surface area (Å²) in [5.74, 6) is 1.43. The first-order valence-electron chi connectivity index (χ1n) is 8.57. The van der Waals surface area contributed by atoms with Crippen molar-refractivity contribution in [1.82, 2.24) is 0 Å². The molecule has 0 radical (unpaired) electrons. The van der Waals surface area contributed by atoms with E-state index in [0.29, 0.717) is 22.2 Å². The lowest BCUT2D eigenvalue weighted by molar-refractivity contribution is -0.118. The first kappa shape index (κ1) is 18.4. The number of carbonyl (C=O) groups excluding carboxylic acids is 1. The van der Waals surface area contributed by atoms with Gasteiger partial charge in [0.2, 0.25) is 0 Å². The Bertz CT molecular complexity index is 807. The van der Waals surface area contributed by atoms with Crippen LogP contribution in [0.2, 0.25) is 5.02 Å². The minimum Gasteiger partial charge on any atom is -0.495 e. The summed E-state index contributed by atoms with van der Waals surface area (Å²) in [4.78, 5) is 12.3. The molecule has 2 aromatic rings. The van der Waals surface area contributed by atoms with Gasteiger partial charge in [0.05, 0.1) is 24.9 Å². The molecule has 0 saturated carbocycles. The molecule has 1 N–H and O–H groups in total. The number of rotatable bonds is 6. The van der Waals surface area contributed by atoms with E-state index in [1.807, 2.05) is 12.1 Å². The number of carbonyl (C=O) groups is 1. The van der Waals surface area contributed by atoms with Crippen molar-refractivity contribution in [2.24, 2.45) is 0 Å². The third-order valence-electron chi connectivity index (χ3n) is 4.46. The normalized spacial score (nSPS) is 12.9. The van der Waals surface area contributed by atoms with Crippen LogP contribution in [-0.2, 0) is 17.6 Å². The van der Waals surface area contributed by atoms with Crippen molar-refractivity contribution < 1.29 is 19.0 Å². The van der Waals surface area contributed by atoms with Crippen molar-refractivity contribution in [3.63, 3.8) is 0 Å². The molecule has 0 unspecified atom stereocenters. The lowest BCUT2D eigenvalue weighted by atomic mass is 9.91. The van der Waals surface area contributed by atoms with Gasteiger partial charge < -0.3 is 19.5 Å². The highest BCUT2D eigenvalue weighted by Gasteiger charge is 2.16. The van der Waals surface area contributed by atoms with E-state index in [2.05, 4.69) is 11.4 Å². The van der Waals surface area contributed by atoms with E-state index < -0.39 is 0 Å². The van der Waals surface area contributed by atoms with E-state index in [0.717, 1.165) is 25.0 Å². The predicted molar refractivity (Wildman–Crippen MR) is 102 cm³/mol. The van der Waals surface area contributed by atoms with Gasteiger partial charge in [-0.05, 0) is 42.9 Å². The Morgan fingerprint density at radius 3 is 2.62 bits per heavy atom. The number of nitrogens with one attached hydrogen (secondary N) is 1. The van der Waals surface area contributed by atoms with Gasteiger partial charge >= 0.3 is 0 Å². The number of fused-ring (bicyclic) bond motifs is 1. The molecule has 0 saturated heterocycles. The van der Waals surface area contributed by atoms with Gasteiger partial charge in [-0.15, -0.1) is 0 Å². The number of benzene rings is 2. The monoisotopic (exact) mass is 375 g/mol. The minimum absolute atomic E-state index is 0.0788. The van der Waals surface area contributed by atoms with E-state index >= 15 is 0 Å². The number of anilines is 1. The molecule has 0 heterocycles. The van der Waals surface area contributed by atoms with Gasteiger partial charge in [0.25, 0.3) is 5.91 Å². The third-order valence-corrected chi connectivity index (χ3v) is 4.76. The molecule has 6 heteroatoms. The van der Waals surface area contributed by atoms with Crippen molar-refractivity contribution in [3.05, 3.63) is 46.5 Å². The summed E-state index contributed by atoms with van der Waals surface area (Å²) in [6.45, 7) is -0.0788. The summed E-state index contributed by atoms with van der Waals surface area (Å²) < 4.78 is 16.2. The van der Waals surface area contributed by atoms with Crippen molar-refractivity contribution in [3.8, 4) is 17.2 Å². The Morgan fingerprint density at radius 1 is 1.08 bits per heavy atom. The highest BCUT2D eigenvalue weighted by atomic mass is 35.5. The van der Waals surface area contributed by atoms with Gasteiger partial charge in [-0.3, -0.25) is 4.79 Å². The maximum absolute atomic E-state index is 12.3. The highest BCUT2D eigenvalue weighted by molar-refractivity contribution is 6.32. The lowest BCUT2D eigenvalue weighted by Gasteiger charge is -2.19. The molecule has 2 aromatic carbocycles. The average molecular weight is 376 g/mol. The first-order valence-corrected chi connectivity index (χ1v) is 8.95. The largest absolute Gasteiger partial charge is 0.495 e. The van der Waals surface area contributed by atoms with Crippen LogP contribution in [-0.4, -0.2) is 26.7 Å². The van der Waals surface area contributed by atoms with Gasteiger partial charge in [-0.2, -0.15) is 0 Å². The Morgan fingerprint density at radius 2 is 1.85 bits per heavy atom. The zero-order valence-electron chi connectivity index (χ0n) is 14.9. The molecule has 3 rings (SSSR count). The maximum atomic E-state index is 12.3. The van der Waals surface area contributed by atoms with Crippen molar-refractivity contribution >= 4 is 23.2 Å². The predicted octanol–water partition coefficient (Wildman–Crippen LogP) is 4.25. The lowest BCUT2D eigenvalue weighted by Crippen LogP contribution is -2.21. The number of hydrogen-bond acceptors (Lipinski definition) is 4. The van der Waals surface area contributed by atoms with Crippen LogP contribution in [0.15, 0.2) is 30.3 Å². The van der Waals surface area contributed by atoms with Crippen molar-refractivity contribution in [2.75, 3.05) is 26.1 Å². The molecule has 0 aliphatic heterocycles. The molecule has 0 bridgehead atoms. The molecule has 26 heavy (non-hydrogen) atoms. The molecular formula is C20H22ClNO4. The number of hydrogen-bond donors (Lipinski definition) is 1. The fourth-order valence-corrected chi connectivity index (χ4v) is 3.40. The van der Waals surface area contributed by atoms with Gasteiger partial charge in [-0.1, -0.05) is 23.7 Å². The average Bonchev–Trinajstić information content (AvgIpc) is 2.67. The summed E-state index contributed by atoms with van der Waals surface area (Å²) in [7, 11) is 3.03. The van der Waals surface area contributed by atoms with Crippen molar-refractivity contribution in [2.45, 2.75) is 25.7 Å². The van der Waals surface area contributed by atoms with Gasteiger partial charge in [0.1, 0.15) is 17.2 Å². The van der Waals surface area contributed by atoms with E-state index in [9.17, 15) is 4.79 Å². The number of aryl methyl sites for hydroxylation is 1. The second-order valence-electron chi connectivity index (χ2n) is 6.12. The Hall–Kier alpha value is -2.40. The zero-order chi connectivity index (χ0) is 18.5. The Labute approximate surface area is 158 Å². The SMILES string of the molecule is COc1cc(NC(=O)COc2cccc3c2CCCC3)c(OC)cc1Cl. The van der Waals surface area contributed by atoms with Crippen LogP contribution in [0.25, 0.3) is 0 Å². The molecule has 0 atom stereocenters. The molecular weight excluding hydrogens is 354 g/mol. The van der Waals surface area contributed by atoms with Crippen LogP contribution in [0.4, 0.5) is 5.69 Å². The van der Waals surface area contributed by atoms with Crippen LogP contribution in [0, 0.1) is 0 Å². The van der Waals surface area contributed by atoms with Crippen LogP contribution in [0.1, 0.15) is 24.0 Å². The van der Waals surface area contributed by atoms with Gasteiger partial charge in [0.15, 0.2) is 6.61 Å². The van der Waals surface area contributed by atoms with Crippen LogP contribution in [0.3, 0.4) is 0 Å². The number of halogens is 1. The summed E-state index contributed by atoms with van der Waals surface area (Å²) in [6.07, 6.45) is 4.42. The van der Waals surface area contributed by atoms with Gasteiger partial charge in [0, 0.05) is 12.1 Å². The zero-order valence-corrected chi connectivity index (χ0v) is 15.7. The molecule has 1 aliphatic carbocycles. The minimum atomic E-state index is -0.277. The molecule has 0 spiro atoms. The summed E-state index contributed by atoms with van der Waals surface area (Å²) >= 11 is 6.08. The molecule has 0 fully saturated rings. The van der Waals surface area contributed by atoms with Crippen LogP contribution < -0.4 is 19.5 Å².